The van der Waals surface area contributed by atoms with Crippen molar-refractivity contribution in [1.29, 1.82) is 0 Å². The average Bonchev–Trinajstić information content (AvgIpc) is 2.77. The monoisotopic (exact) mass is 268 g/mol. The van der Waals surface area contributed by atoms with Crippen molar-refractivity contribution in [2.45, 2.75) is 20.8 Å². The predicted molar refractivity (Wildman–Crippen MR) is 78.1 cm³/mol. The van der Waals surface area contributed by atoms with Gasteiger partial charge in [0.2, 0.25) is 5.88 Å². The Labute approximate surface area is 117 Å². The molecule has 0 saturated heterocycles. The number of hydrogen-bond acceptors (Lipinski definition) is 4. The summed E-state index contributed by atoms with van der Waals surface area (Å²) in [6, 6.07) is 5.78. The van der Waals surface area contributed by atoms with Gasteiger partial charge in [-0.2, -0.15) is 5.10 Å². The Morgan fingerprint density at radius 2 is 1.90 bits per heavy atom. The van der Waals surface area contributed by atoms with Crippen molar-refractivity contribution in [1.82, 2.24) is 14.6 Å². The zero-order valence-electron chi connectivity index (χ0n) is 11.7. The number of hydrogen-bond donors (Lipinski definition) is 1. The zero-order valence-corrected chi connectivity index (χ0v) is 11.7. The smallest absolute Gasteiger partial charge is 0.245 e. The highest BCUT2D eigenvalue weighted by Gasteiger charge is 2.10. The molecule has 0 saturated carbocycles. The fraction of sp³-hybridized carbons (Fsp3) is 0.200. The van der Waals surface area contributed by atoms with Crippen LogP contribution in [0, 0.1) is 20.8 Å². The summed E-state index contributed by atoms with van der Waals surface area (Å²) >= 11 is 0. The zero-order chi connectivity index (χ0) is 14.3. The van der Waals surface area contributed by atoms with Gasteiger partial charge < -0.3 is 10.5 Å². The quantitative estimate of drug-likeness (QED) is 0.725. The summed E-state index contributed by atoms with van der Waals surface area (Å²) in [5.74, 6) is 1.24. The van der Waals surface area contributed by atoms with Crippen molar-refractivity contribution < 1.29 is 4.74 Å². The molecule has 0 bridgehead atoms. The minimum atomic E-state index is 0.527. The lowest BCUT2D eigenvalue weighted by Crippen LogP contribution is -1.97. The van der Waals surface area contributed by atoms with E-state index in [0.717, 1.165) is 22.3 Å². The van der Waals surface area contributed by atoms with Gasteiger partial charge in [0.25, 0.3) is 0 Å². The van der Waals surface area contributed by atoms with Gasteiger partial charge in [-0.05, 0) is 38.0 Å². The highest BCUT2D eigenvalue weighted by Crippen LogP contribution is 2.30. The molecular weight excluding hydrogens is 252 g/mol. The van der Waals surface area contributed by atoms with Crippen LogP contribution >= 0.6 is 0 Å². The van der Waals surface area contributed by atoms with E-state index in [1.165, 1.54) is 0 Å². The third-order valence-corrected chi connectivity index (χ3v) is 3.25. The first-order chi connectivity index (χ1) is 9.54. The predicted octanol–water partition coefficient (Wildman–Crippen LogP) is 3.03. The first-order valence-electron chi connectivity index (χ1n) is 6.40. The van der Waals surface area contributed by atoms with Crippen molar-refractivity contribution in [2.75, 3.05) is 5.73 Å². The van der Waals surface area contributed by atoms with Crippen LogP contribution in [0.1, 0.15) is 16.8 Å². The van der Waals surface area contributed by atoms with Crippen molar-refractivity contribution >= 4 is 11.2 Å². The van der Waals surface area contributed by atoms with Crippen molar-refractivity contribution in [2.24, 2.45) is 0 Å². The maximum absolute atomic E-state index is 5.94. The first kappa shape index (κ1) is 12.5. The minimum Gasteiger partial charge on any atom is -0.437 e. The lowest BCUT2D eigenvalue weighted by Gasteiger charge is -2.11. The molecule has 2 heterocycles. The molecule has 102 valence electrons. The molecule has 0 aliphatic carbocycles. The van der Waals surface area contributed by atoms with Gasteiger partial charge in [0.1, 0.15) is 11.3 Å². The molecule has 0 atom stereocenters. The van der Waals surface area contributed by atoms with Crippen LogP contribution in [-0.4, -0.2) is 14.6 Å². The Kier molecular flexibility index (Phi) is 2.82. The molecular formula is C15H16N4O. The van der Waals surface area contributed by atoms with E-state index in [9.17, 15) is 0 Å². The summed E-state index contributed by atoms with van der Waals surface area (Å²) in [4.78, 5) is 4.28. The lowest BCUT2D eigenvalue weighted by atomic mass is 10.1. The van der Waals surface area contributed by atoms with Crippen molar-refractivity contribution in [3.05, 3.63) is 47.4 Å². The van der Waals surface area contributed by atoms with E-state index in [-0.39, 0.29) is 0 Å². The summed E-state index contributed by atoms with van der Waals surface area (Å²) in [5.41, 5.74) is 10.5. The topological polar surface area (TPSA) is 65.4 Å². The molecule has 1 aromatic carbocycles. The van der Waals surface area contributed by atoms with E-state index in [1.807, 2.05) is 39.0 Å². The molecule has 5 nitrogen and oxygen atoms in total. The normalized spacial score (nSPS) is 10.9. The van der Waals surface area contributed by atoms with Gasteiger partial charge in [0.05, 0.1) is 5.69 Å². The maximum atomic E-state index is 5.94. The molecule has 0 radical (unpaired) electrons. The second-order valence-corrected chi connectivity index (χ2v) is 4.92. The van der Waals surface area contributed by atoms with Crippen LogP contribution in [0.4, 0.5) is 5.69 Å². The Hall–Kier alpha value is -2.56. The molecule has 0 unspecified atom stereocenters. The van der Waals surface area contributed by atoms with Crippen molar-refractivity contribution in [3.63, 3.8) is 0 Å². The number of benzene rings is 1. The second-order valence-electron chi connectivity index (χ2n) is 4.92. The largest absolute Gasteiger partial charge is 0.437 e. The highest BCUT2D eigenvalue weighted by molar-refractivity contribution is 5.60. The number of ether oxygens (including phenoxy) is 1. The maximum Gasteiger partial charge on any atom is 0.245 e. The molecule has 3 rings (SSSR count). The fourth-order valence-electron chi connectivity index (χ4n) is 2.16. The Morgan fingerprint density at radius 3 is 2.70 bits per heavy atom. The van der Waals surface area contributed by atoms with E-state index in [1.54, 1.807) is 16.9 Å². The summed E-state index contributed by atoms with van der Waals surface area (Å²) in [6.07, 6.45) is 3.47. The van der Waals surface area contributed by atoms with Crippen LogP contribution in [0.5, 0.6) is 11.6 Å². The van der Waals surface area contributed by atoms with Crippen LogP contribution in [0.3, 0.4) is 0 Å². The molecule has 2 N–H and O–H groups in total. The number of aromatic nitrogens is 3. The number of aryl methyl sites for hydroxylation is 3. The number of nitrogens with zero attached hydrogens (tertiary/aromatic N) is 3. The van der Waals surface area contributed by atoms with Gasteiger partial charge in [0, 0.05) is 24.1 Å². The molecule has 0 aliphatic rings. The molecule has 0 spiro atoms. The Balaban J connectivity index is 2.07. The third-order valence-electron chi connectivity index (χ3n) is 3.25. The van der Waals surface area contributed by atoms with E-state index in [0.29, 0.717) is 17.3 Å². The summed E-state index contributed by atoms with van der Waals surface area (Å²) in [5, 5.41) is 4.34. The fourth-order valence-corrected chi connectivity index (χ4v) is 2.16. The van der Waals surface area contributed by atoms with Gasteiger partial charge in [-0.25, -0.2) is 9.50 Å². The lowest BCUT2D eigenvalue weighted by molar-refractivity contribution is 0.462. The van der Waals surface area contributed by atoms with Crippen LogP contribution in [0.25, 0.3) is 5.52 Å². The van der Waals surface area contributed by atoms with E-state index < -0.39 is 0 Å². The van der Waals surface area contributed by atoms with Gasteiger partial charge >= 0.3 is 0 Å². The highest BCUT2D eigenvalue weighted by atomic mass is 16.5. The van der Waals surface area contributed by atoms with Gasteiger partial charge in [-0.3, -0.25) is 0 Å². The molecule has 5 heteroatoms. The summed E-state index contributed by atoms with van der Waals surface area (Å²) in [7, 11) is 0. The van der Waals surface area contributed by atoms with Gasteiger partial charge in [-0.15, -0.1) is 0 Å². The van der Waals surface area contributed by atoms with Crippen LogP contribution in [0.2, 0.25) is 0 Å². The van der Waals surface area contributed by atoms with Crippen LogP contribution in [0.15, 0.2) is 30.6 Å². The number of anilines is 1. The van der Waals surface area contributed by atoms with Gasteiger partial charge in [0.15, 0.2) is 0 Å². The minimum absolute atomic E-state index is 0.527. The summed E-state index contributed by atoms with van der Waals surface area (Å²) in [6.45, 7) is 5.90. The molecule has 3 aromatic rings. The number of fused-ring (bicyclic) bond motifs is 1. The standard InChI is InChI=1S/C15H16N4O/c1-9-6-10(2)14(8-12(9)16)20-15-13-7-11(3)18-19(13)5-4-17-15/h4-8H,16H2,1-3H3. The number of nitrogen functional groups attached to an aromatic ring is 1. The van der Waals surface area contributed by atoms with Gasteiger partial charge in [-0.1, -0.05) is 6.07 Å². The molecule has 0 aliphatic heterocycles. The first-order valence-corrected chi connectivity index (χ1v) is 6.40. The van der Waals surface area contributed by atoms with E-state index >= 15 is 0 Å². The van der Waals surface area contributed by atoms with Crippen molar-refractivity contribution in [3.8, 4) is 11.6 Å². The second kappa shape index (κ2) is 4.52. The number of nitrogens with two attached hydrogens (primary N) is 1. The molecule has 0 amide bonds. The van der Waals surface area contributed by atoms with Crippen LogP contribution < -0.4 is 10.5 Å². The number of rotatable bonds is 2. The third kappa shape index (κ3) is 2.07. The Morgan fingerprint density at radius 1 is 1.10 bits per heavy atom. The molecule has 2 aromatic heterocycles. The Bertz CT molecular complexity index is 792. The molecule has 0 fully saturated rings. The van der Waals surface area contributed by atoms with Crippen LogP contribution in [-0.2, 0) is 0 Å². The molecule has 20 heavy (non-hydrogen) atoms. The summed E-state index contributed by atoms with van der Waals surface area (Å²) < 4.78 is 7.67. The SMILES string of the molecule is Cc1cc2c(Oc3cc(N)c(C)cc3C)nccn2n1. The average molecular weight is 268 g/mol. The van der Waals surface area contributed by atoms with E-state index in [2.05, 4.69) is 10.1 Å². The van der Waals surface area contributed by atoms with E-state index in [4.69, 9.17) is 10.5 Å².